The first-order valence-electron chi connectivity index (χ1n) is 6.71. The molecule has 0 saturated heterocycles. The minimum atomic E-state index is -0.282. The zero-order chi connectivity index (χ0) is 15.4. The van der Waals surface area contributed by atoms with E-state index in [4.69, 9.17) is 0 Å². The second-order valence-electron chi connectivity index (χ2n) is 4.68. The summed E-state index contributed by atoms with van der Waals surface area (Å²) in [6.07, 6.45) is 1.60. The lowest BCUT2D eigenvalue weighted by atomic mass is 10.1. The molecule has 1 atom stereocenters. The highest BCUT2D eigenvalue weighted by Gasteiger charge is 2.22. The predicted octanol–water partition coefficient (Wildman–Crippen LogP) is 4.21. The van der Waals surface area contributed by atoms with Crippen molar-refractivity contribution >= 4 is 21.8 Å². The molecular weight excluding hydrogens is 335 g/mol. The van der Waals surface area contributed by atoms with Gasteiger partial charge in [-0.05, 0) is 59.6 Å². The topological polar surface area (TPSA) is 33.2 Å². The zero-order valence-corrected chi connectivity index (χ0v) is 13.5. The van der Waals surface area contributed by atoms with E-state index in [1.165, 1.54) is 12.1 Å². The maximum Gasteiger partial charge on any atom is 0.272 e. The van der Waals surface area contributed by atoms with Gasteiger partial charge in [0, 0.05) is 17.2 Å². The van der Waals surface area contributed by atoms with Gasteiger partial charge in [-0.15, -0.1) is 0 Å². The molecule has 3 nitrogen and oxygen atoms in total. The van der Waals surface area contributed by atoms with Crippen LogP contribution in [0.3, 0.4) is 0 Å². The Hall–Kier alpha value is -1.75. The molecule has 0 aliphatic carbocycles. The van der Waals surface area contributed by atoms with Crippen LogP contribution in [-0.4, -0.2) is 22.3 Å². The predicted molar refractivity (Wildman–Crippen MR) is 83.5 cm³/mol. The molecule has 0 saturated carbocycles. The molecule has 1 amide bonds. The standard InChI is InChI=1S/C16H16BrFN2O/c1-3-20(11(2)12-4-7-14(18)8-5-12)16(21)15-9-6-13(17)10-19-15/h4-11H,3H2,1-2H3. The van der Waals surface area contributed by atoms with Gasteiger partial charge in [-0.2, -0.15) is 0 Å². The van der Waals surface area contributed by atoms with Gasteiger partial charge in [0.15, 0.2) is 0 Å². The number of carbonyl (C=O) groups is 1. The Balaban J connectivity index is 2.23. The summed E-state index contributed by atoms with van der Waals surface area (Å²) in [6, 6.07) is 9.54. The normalized spacial score (nSPS) is 12.0. The number of pyridine rings is 1. The van der Waals surface area contributed by atoms with E-state index in [-0.39, 0.29) is 17.8 Å². The summed E-state index contributed by atoms with van der Waals surface area (Å²) in [4.78, 5) is 18.4. The molecule has 0 aliphatic rings. The Morgan fingerprint density at radius 2 is 1.95 bits per heavy atom. The van der Waals surface area contributed by atoms with Crippen molar-refractivity contribution in [3.8, 4) is 0 Å². The number of aromatic nitrogens is 1. The first-order chi connectivity index (χ1) is 10.0. The molecule has 110 valence electrons. The van der Waals surface area contributed by atoms with E-state index in [2.05, 4.69) is 20.9 Å². The SMILES string of the molecule is CCN(C(=O)c1ccc(Br)cn1)C(C)c1ccc(F)cc1. The van der Waals surface area contributed by atoms with E-state index in [0.717, 1.165) is 10.0 Å². The average Bonchev–Trinajstić information content (AvgIpc) is 2.49. The summed E-state index contributed by atoms with van der Waals surface area (Å²) >= 11 is 3.30. The van der Waals surface area contributed by atoms with Crippen molar-refractivity contribution in [2.45, 2.75) is 19.9 Å². The van der Waals surface area contributed by atoms with Crippen LogP contribution in [0.1, 0.15) is 35.9 Å². The van der Waals surface area contributed by atoms with Crippen molar-refractivity contribution in [3.05, 3.63) is 64.1 Å². The van der Waals surface area contributed by atoms with E-state index in [1.807, 2.05) is 13.8 Å². The number of rotatable bonds is 4. The van der Waals surface area contributed by atoms with Crippen molar-refractivity contribution in [1.82, 2.24) is 9.88 Å². The second kappa shape index (κ2) is 6.80. The molecule has 1 unspecified atom stereocenters. The summed E-state index contributed by atoms with van der Waals surface area (Å²) in [5, 5.41) is 0. The van der Waals surface area contributed by atoms with E-state index < -0.39 is 0 Å². The summed E-state index contributed by atoms with van der Waals surface area (Å²) in [5.41, 5.74) is 1.29. The van der Waals surface area contributed by atoms with Crippen molar-refractivity contribution < 1.29 is 9.18 Å². The fourth-order valence-electron chi connectivity index (χ4n) is 2.16. The Morgan fingerprint density at radius 1 is 1.29 bits per heavy atom. The van der Waals surface area contributed by atoms with Gasteiger partial charge in [0.2, 0.25) is 0 Å². The number of nitrogens with zero attached hydrogens (tertiary/aromatic N) is 2. The minimum Gasteiger partial charge on any atom is -0.331 e. The molecule has 0 spiro atoms. The molecule has 1 aromatic carbocycles. The van der Waals surface area contributed by atoms with Gasteiger partial charge >= 0.3 is 0 Å². The third kappa shape index (κ3) is 3.67. The van der Waals surface area contributed by atoms with Crippen LogP contribution in [0.15, 0.2) is 47.1 Å². The van der Waals surface area contributed by atoms with Gasteiger partial charge in [0.05, 0.1) is 6.04 Å². The fourth-order valence-corrected chi connectivity index (χ4v) is 2.40. The first-order valence-corrected chi connectivity index (χ1v) is 7.50. The molecule has 0 radical (unpaired) electrons. The quantitative estimate of drug-likeness (QED) is 0.827. The van der Waals surface area contributed by atoms with Gasteiger partial charge in [0.25, 0.3) is 5.91 Å². The first kappa shape index (κ1) is 15.6. The molecule has 21 heavy (non-hydrogen) atoms. The summed E-state index contributed by atoms with van der Waals surface area (Å²) in [7, 11) is 0. The largest absolute Gasteiger partial charge is 0.331 e. The Kier molecular flexibility index (Phi) is 5.07. The molecule has 1 heterocycles. The van der Waals surface area contributed by atoms with Crippen molar-refractivity contribution in [2.24, 2.45) is 0 Å². The maximum absolute atomic E-state index is 13.0. The Labute approximate surface area is 131 Å². The maximum atomic E-state index is 13.0. The van der Waals surface area contributed by atoms with Crippen LogP contribution in [0.4, 0.5) is 4.39 Å². The third-order valence-electron chi connectivity index (χ3n) is 3.37. The van der Waals surface area contributed by atoms with Crippen LogP contribution >= 0.6 is 15.9 Å². The zero-order valence-electron chi connectivity index (χ0n) is 11.9. The summed E-state index contributed by atoms with van der Waals surface area (Å²) in [6.45, 7) is 4.39. The number of halogens is 2. The van der Waals surface area contributed by atoms with Crippen molar-refractivity contribution in [3.63, 3.8) is 0 Å². The number of hydrogen-bond acceptors (Lipinski definition) is 2. The van der Waals surface area contributed by atoms with Crippen LogP contribution in [0.5, 0.6) is 0 Å². The molecule has 2 aromatic rings. The molecule has 5 heteroatoms. The van der Waals surface area contributed by atoms with Crippen LogP contribution in [0.25, 0.3) is 0 Å². The molecule has 0 N–H and O–H groups in total. The highest BCUT2D eigenvalue weighted by atomic mass is 79.9. The smallest absolute Gasteiger partial charge is 0.272 e. The van der Waals surface area contributed by atoms with Crippen LogP contribution in [0, 0.1) is 5.82 Å². The number of amides is 1. The molecule has 0 bridgehead atoms. The van der Waals surface area contributed by atoms with Gasteiger partial charge in [-0.1, -0.05) is 12.1 Å². The molecule has 0 fully saturated rings. The minimum absolute atomic E-state index is 0.137. The number of hydrogen-bond donors (Lipinski definition) is 0. The molecule has 1 aromatic heterocycles. The lowest BCUT2D eigenvalue weighted by Gasteiger charge is -2.28. The van der Waals surface area contributed by atoms with E-state index in [9.17, 15) is 9.18 Å². The molecular formula is C16H16BrFN2O. The van der Waals surface area contributed by atoms with E-state index >= 15 is 0 Å². The van der Waals surface area contributed by atoms with Crippen molar-refractivity contribution in [2.75, 3.05) is 6.54 Å². The van der Waals surface area contributed by atoms with Crippen molar-refractivity contribution in [1.29, 1.82) is 0 Å². The van der Waals surface area contributed by atoms with Gasteiger partial charge in [0.1, 0.15) is 11.5 Å². The Morgan fingerprint density at radius 3 is 2.48 bits per heavy atom. The van der Waals surface area contributed by atoms with Gasteiger partial charge < -0.3 is 4.90 Å². The summed E-state index contributed by atoms with van der Waals surface area (Å²) in [5.74, 6) is -0.420. The second-order valence-corrected chi connectivity index (χ2v) is 5.60. The lowest BCUT2D eigenvalue weighted by molar-refractivity contribution is 0.0696. The Bertz CT molecular complexity index is 613. The van der Waals surface area contributed by atoms with Gasteiger partial charge in [-0.3, -0.25) is 4.79 Å². The van der Waals surface area contributed by atoms with Gasteiger partial charge in [-0.25, -0.2) is 9.37 Å². The van der Waals surface area contributed by atoms with E-state index in [1.54, 1.807) is 35.4 Å². The fraction of sp³-hybridized carbons (Fsp3) is 0.250. The molecule has 2 rings (SSSR count). The van der Waals surface area contributed by atoms with E-state index in [0.29, 0.717) is 12.2 Å². The van der Waals surface area contributed by atoms with Crippen LogP contribution < -0.4 is 0 Å². The lowest BCUT2D eigenvalue weighted by Crippen LogP contribution is -2.34. The third-order valence-corrected chi connectivity index (χ3v) is 3.84. The highest BCUT2D eigenvalue weighted by Crippen LogP contribution is 2.22. The number of carbonyl (C=O) groups excluding carboxylic acids is 1. The monoisotopic (exact) mass is 350 g/mol. The number of benzene rings is 1. The van der Waals surface area contributed by atoms with Crippen LogP contribution in [-0.2, 0) is 0 Å². The highest BCUT2D eigenvalue weighted by molar-refractivity contribution is 9.10. The molecule has 0 aliphatic heterocycles. The van der Waals surface area contributed by atoms with Crippen LogP contribution in [0.2, 0.25) is 0 Å². The average molecular weight is 351 g/mol. The summed E-state index contributed by atoms with van der Waals surface area (Å²) < 4.78 is 13.8.